The molecule has 2 amide bonds. The summed E-state index contributed by atoms with van der Waals surface area (Å²) in [7, 11) is 0. The zero-order valence-electron chi connectivity index (χ0n) is 10.9. The number of hydrogen-bond donors (Lipinski definition) is 0. The van der Waals surface area contributed by atoms with Crippen molar-refractivity contribution in [2.45, 2.75) is 20.8 Å². The largest absolute Gasteiger partial charge is 0.302 e. The van der Waals surface area contributed by atoms with E-state index in [1.807, 2.05) is 13.8 Å². The van der Waals surface area contributed by atoms with E-state index < -0.39 is 29.3 Å². The fourth-order valence-corrected chi connectivity index (χ4v) is 2.04. The van der Waals surface area contributed by atoms with Crippen LogP contribution in [-0.4, -0.2) is 23.4 Å². The normalized spacial score (nSPS) is 19.2. The van der Waals surface area contributed by atoms with Gasteiger partial charge in [0.2, 0.25) is 5.78 Å². The fourth-order valence-electron chi connectivity index (χ4n) is 2.04. The van der Waals surface area contributed by atoms with E-state index in [1.165, 1.54) is 0 Å². The lowest BCUT2D eigenvalue weighted by atomic mass is 10.0. The second-order valence-corrected chi connectivity index (χ2v) is 4.66. The summed E-state index contributed by atoms with van der Waals surface area (Å²) in [5, 5.41) is 0. The first-order valence-corrected chi connectivity index (χ1v) is 5.84. The molecule has 0 N–H and O–H groups in total. The van der Waals surface area contributed by atoms with Gasteiger partial charge in [-0.2, -0.15) is 0 Å². The minimum absolute atomic E-state index is 0.329. The lowest BCUT2D eigenvalue weighted by Crippen LogP contribution is -2.32. The molecule has 98 valence electrons. The van der Waals surface area contributed by atoms with Crippen LogP contribution in [0.25, 0.3) is 0 Å². The van der Waals surface area contributed by atoms with Crippen LogP contribution >= 0.6 is 0 Å². The number of Topliss-reactive ketones (excluding diaryl/α,β-unsaturated/α-hetero) is 2. The van der Waals surface area contributed by atoms with E-state index in [2.05, 4.69) is 0 Å². The maximum Gasteiger partial charge on any atom is 0.302 e. The number of hydrogen-bond acceptors (Lipinski definition) is 4. The van der Waals surface area contributed by atoms with Gasteiger partial charge in [0.15, 0.2) is 5.92 Å². The molecule has 0 aliphatic carbocycles. The van der Waals surface area contributed by atoms with Crippen molar-refractivity contribution in [2.75, 3.05) is 4.90 Å². The Morgan fingerprint density at radius 3 is 2.21 bits per heavy atom. The van der Waals surface area contributed by atoms with E-state index >= 15 is 0 Å². The van der Waals surface area contributed by atoms with Crippen LogP contribution in [-0.2, 0) is 19.2 Å². The highest BCUT2D eigenvalue weighted by Crippen LogP contribution is 2.26. The molecule has 1 saturated heterocycles. The third-order valence-electron chi connectivity index (χ3n) is 3.30. The highest BCUT2D eigenvalue weighted by Gasteiger charge is 2.49. The molecule has 0 radical (unpaired) electrons. The molecular formula is C14H13NO4. The van der Waals surface area contributed by atoms with Gasteiger partial charge in [0.25, 0.3) is 5.91 Å². The first-order chi connectivity index (χ1) is 8.84. The third-order valence-corrected chi connectivity index (χ3v) is 3.30. The molecule has 0 aromatic heterocycles. The van der Waals surface area contributed by atoms with Crippen LogP contribution in [0.4, 0.5) is 5.69 Å². The van der Waals surface area contributed by atoms with Crippen molar-refractivity contribution < 1.29 is 19.2 Å². The monoisotopic (exact) mass is 259 g/mol. The molecule has 1 atom stereocenters. The second kappa shape index (κ2) is 4.42. The van der Waals surface area contributed by atoms with E-state index in [1.54, 1.807) is 18.2 Å². The van der Waals surface area contributed by atoms with Crippen LogP contribution in [0, 0.1) is 19.8 Å². The number of anilines is 1. The maximum atomic E-state index is 12.0. The molecule has 1 aromatic carbocycles. The Hall–Kier alpha value is -2.30. The summed E-state index contributed by atoms with van der Waals surface area (Å²) in [6, 6.07) is 5.01. The fraction of sp³-hybridized carbons (Fsp3) is 0.286. The Morgan fingerprint density at radius 2 is 1.74 bits per heavy atom. The molecule has 2 rings (SSSR count). The molecule has 0 saturated carbocycles. The summed E-state index contributed by atoms with van der Waals surface area (Å²) in [4.78, 5) is 47.6. The average Bonchev–Trinajstić information content (AvgIpc) is 2.54. The summed E-state index contributed by atoms with van der Waals surface area (Å²) < 4.78 is 0. The maximum absolute atomic E-state index is 12.0. The van der Waals surface area contributed by atoms with Crippen LogP contribution in [0.1, 0.15) is 18.1 Å². The van der Waals surface area contributed by atoms with Gasteiger partial charge in [-0.15, -0.1) is 0 Å². The smallest absolute Gasteiger partial charge is 0.299 e. The van der Waals surface area contributed by atoms with Crippen molar-refractivity contribution >= 4 is 29.1 Å². The van der Waals surface area contributed by atoms with Crippen LogP contribution in [0.5, 0.6) is 0 Å². The highest BCUT2D eigenvalue weighted by molar-refractivity contribution is 6.59. The quantitative estimate of drug-likeness (QED) is 0.450. The molecule has 5 heteroatoms. The Balaban J connectivity index is 2.48. The molecule has 19 heavy (non-hydrogen) atoms. The summed E-state index contributed by atoms with van der Waals surface area (Å²) in [5.41, 5.74) is 2.24. The number of imide groups is 1. The SMILES string of the molecule is CC(=O)C1C(=O)C(=O)N(c2ccc(C)c(C)c2)C1=O. The number of ketones is 2. The molecule has 5 nitrogen and oxygen atoms in total. The lowest BCUT2D eigenvalue weighted by molar-refractivity contribution is -0.139. The molecule has 1 aromatic rings. The zero-order valence-corrected chi connectivity index (χ0v) is 10.9. The Labute approximate surface area is 110 Å². The summed E-state index contributed by atoms with van der Waals surface area (Å²) in [6.45, 7) is 4.88. The first-order valence-electron chi connectivity index (χ1n) is 5.84. The van der Waals surface area contributed by atoms with Crippen LogP contribution in [0.15, 0.2) is 18.2 Å². The van der Waals surface area contributed by atoms with Crippen LogP contribution in [0.3, 0.4) is 0 Å². The predicted molar refractivity (Wildman–Crippen MR) is 67.6 cm³/mol. The number of amides is 2. The second-order valence-electron chi connectivity index (χ2n) is 4.66. The number of aryl methyl sites for hydroxylation is 2. The van der Waals surface area contributed by atoms with Crippen molar-refractivity contribution in [3.05, 3.63) is 29.3 Å². The molecular weight excluding hydrogens is 246 g/mol. The van der Waals surface area contributed by atoms with Crippen LogP contribution in [0.2, 0.25) is 0 Å². The summed E-state index contributed by atoms with van der Waals surface area (Å²) in [5.74, 6) is -4.72. The zero-order chi connectivity index (χ0) is 14.3. The van der Waals surface area contributed by atoms with Gasteiger partial charge in [-0.3, -0.25) is 19.2 Å². The number of benzene rings is 1. The predicted octanol–water partition coefficient (Wildman–Crippen LogP) is 0.951. The van der Waals surface area contributed by atoms with Gasteiger partial charge in [0, 0.05) is 0 Å². The minimum Gasteiger partial charge on any atom is -0.299 e. The molecule has 1 fully saturated rings. The number of carbonyl (C=O) groups excluding carboxylic acids is 4. The topological polar surface area (TPSA) is 71.5 Å². The highest BCUT2D eigenvalue weighted by atomic mass is 16.2. The minimum atomic E-state index is -1.48. The van der Waals surface area contributed by atoms with Crippen molar-refractivity contribution in [1.82, 2.24) is 0 Å². The van der Waals surface area contributed by atoms with Gasteiger partial charge in [0.1, 0.15) is 5.78 Å². The van der Waals surface area contributed by atoms with E-state index in [4.69, 9.17) is 0 Å². The Bertz CT molecular complexity index is 618. The molecule has 0 spiro atoms. The number of carbonyl (C=O) groups is 4. The molecule has 1 aliphatic heterocycles. The number of rotatable bonds is 2. The van der Waals surface area contributed by atoms with Crippen molar-refractivity contribution in [3.63, 3.8) is 0 Å². The van der Waals surface area contributed by atoms with Crippen molar-refractivity contribution in [1.29, 1.82) is 0 Å². The van der Waals surface area contributed by atoms with Crippen molar-refractivity contribution in [3.8, 4) is 0 Å². The van der Waals surface area contributed by atoms with Gasteiger partial charge in [-0.25, -0.2) is 4.90 Å². The number of nitrogens with zero attached hydrogens (tertiary/aromatic N) is 1. The van der Waals surface area contributed by atoms with Crippen LogP contribution < -0.4 is 4.90 Å². The average molecular weight is 259 g/mol. The molecule has 0 bridgehead atoms. The standard InChI is InChI=1S/C14H13NO4/c1-7-4-5-10(6-8(7)2)15-13(18)11(9(3)16)12(17)14(15)19/h4-6,11H,1-3H3. The Kier molecular flexibility index (Phi) is 3.06. The van der Waals surface area contributed by atoms with Gasteiger partial charge < -0.3 is 0 Å². The van der Waals surface area contributed by atoms with Gasteiger partial charge in [0.05, 0.1) is 5.69 Å². The summed E-state index contributed by atoms with van der Waals surface area (Å²) >= 11 is 0. The van der Waals surface area contributed by atoms with E-state index in [0.29, 0.717) is 5.69 Å². The van der Waals surface area contributed by atoms with Gasteiger partial charge in [-0.05, 0) is 44.0 Å². The van der Waals surface area contributed by atoms with E-state index in [-0.39, 0.29) is 0 Å². The van der Waals surface area contributed by atoms with E-state index in [0.717, 1.165) is 23.0 Å². The third kappa shape index (κ3) is 1.97. The molecule has 1 unspecified atom stereocenters. The molecule has 1 aliphatic rings. The molecule has 1 heterocycles. The Morgan fingerprint density at radius 1 is 1.11 bits per heavy atom. The van der Waals surface area contributed by atoms with Gasteiger partial charge in [-0.1, -0.05) is 6.07 Å². The van der Waals surface area contributed by atoms with Crippen molar-refractivity contribution in [2.24, 2.45) is 5.92 Å². The first kappa shape index (κ1) is 13.1. The van der Waals surface area contributed by atoms with E-state index in [9.17, 15) is 19.2 Å². The van der Waals surface area contributed by atoms with Gasteiger partial charge >= 0.3 is 5.91 Å². The summed E-state index contributed by atoms with van der Waals surface area (Å²) in [6.07, 6.45) is 0. The lowest BCUT2D eigenvalue weighted by Gasteiger charge is -2.14.